The van der Waals surface area contributed by atoms with E-state index in [2.05, 4.69) is 6.07 Å². The van der Waals surface area contributed by atoms with Crippen molar-refractivity contribution in [3.05, 3.63) is 0 Å². The molecule has 2 nitrogen and oxygen atoms in total. The summed E-state index contributed by atoms with van der Waals surface area (Å²) >= 11 is 5.80. The molecule has 0 spiro atoms. The molecule has 1 aliphatic rings. The first kappa shape index (κ1) is 7.84. The normalized spacial score (nSPS) is 40.7. The van der Waals surface area contributed by atoms with Gasteiger partial charge in [0, 0.05) is 0 Å². The Hall–Kier alpha value is -0.260. The van der Waals surface area contributed by atoms with Gasteiger partial charge in [-0.2, -0.15) is 5.26 Å². The van der Waals surface area contributed by atoms with E-state index in [1.807, 2.05) is 0 Å². The van der Waals surface area contributed by atoms with Crippen LogP contribution in [0.2, 0.25) is 0 Å². The van der Waals surface area contributed by atoms with E-state index in [-0.39, 0.29) is 17.4 Å². The van der Waals surface area contributed by atoms with E-state index in [0.29, 0.717) is 6.42 Å². The summed E-state index contributed by atoms with van der Waals surface area (Å²) in [7, 11) is 0. The fraction of sp³-hybridized carbons (Fsp3) is 0.857. The first-order valence-electron chi connectivity index (χ1n) is 3.46. The van der Waals surface area contributed by atoms with Gasteiger partial charge in [-0.15, -0.1) is 11.6 Å². The minimum absolute atomic E-state index is 0.0509. The van der Waals surface area contributed by atoms with Crippen molar-refractivity contribution >= 4 is 11.6 Å². The number of alkyl halides is 1. The lowest BCUT2D eigenvalue weighted by Crippen LogP contribution is -2.27. The van der Waals surface area contributed by atoms with Crippen LogP contribution >= 0.6 is 11.6 Å². The van der Waals surface area contributed by atoms with Gasteiger partial charge in [0.15, 0.2) is 0 Å². The fourth-order valence-corrected chi connectivity index (χ4v) is 1.63. The predicted octanol–water partition coefficient (Wildman–Crippen LogP) is 1.28. The molecule has 10 heavy (non-hydrogen) atoms. The highest BCUT2D eigenvalue weighted by molar-refractivity contribution is 6.21. The van der Waals surface area contributed by atoms with Crippen LogP contribution in [0.1, 0.15) is 19.3 Å². The van der Waals surface area contributed by atoms with Gasteiger partial charge in [-0.05, 0) is 19.3 Å². The van der Waals surface area contributed by atoms with Crippen molar-refractivity contribution in [2.75, 3.05) is 0 Å². The Morgan fingerprint density at radius 2 is 2.20 bits per heavy atom. The second-order valence-corrected chi connectivity index (χ2v) is 3.28. The smallest absolute Gasteiger partial charge is 0.0671 e. The number of halogens is 1. The van der Waals surface area contributed by atoms with Gasteiger partial charge in [0.25, 0.3) is 0 Å². The van der Waals surface area contributed by atoms with Crippen LogP contribution in [0.5, 0.6) is 0 Å². The maximum atomic E-state index is 9.10. The van der Waals surface area contributed by atoms with E-state index in [9.17, 15) is 0 Å². The molecule has 0 bridgehead atoms. The van der Waals surface area contributed by atoms with Gasteiger partial charge in [-0.3, -0.25) is 0 Å². The van der Waals surface area contributed by atoms with Crippen molar-refractivity contribution in [2.24, 2.45) is 5.92 Å². The van der Waals surface area contributed by atoms with E-state index in [1.54, 1.807) is 0 Å². The Kier molecular flexibility index (Phi) is 2.53. The molecular formula is C7H10ClNO. The summed E-state index contributed by atoms with van der Waals surface area (Å²) in [5.41, 5.74) is 0. The first-order chi connectivity index (χ1) is 4.74. The van der Waals surface area contributed by atoms with E-state index in [4.69, 9.17) is 22.0 Å². The summed E-state index contributed by atoms with van der Waals surface area (Å²) in [4.78, 5) is 0. The van der Waals surface area contributed by atoms with E-state index in [0.717, 1.165) is 12.8 Å². The molecule has 1 rings (SSSR count). The molecule has 0 aliphatic heterocycles. The molecule has 0 heterocycles. The third-order valence-electron chi connectivity index (χ3n) is 1.91. The van der Waals surface area contributed by atoms with Crippen molar-refractivity contribution in [1.29, 1.82) is 5.26 Å². The van der Waals surface area contributed by atoms with Crippen LogP contribution in [-0.2, 0) is 0 Å². The van der Waals surface area contributed by atoms with Crippen LogP contribution in [0, 0.1) is 17.2 Å². The van der Waals surface area contributed by atoms with Crippen molar-refractivity contribution < 1.29 is 5.11 Å². The highest BCUT2D eigenvalue weighted by atomic mass is 35.5. The minimum atomic E-state index is -0.285. The number of aliphatic hydroxyl groups excluding tert-OH is 1. The highest BCUT2D eigenvalue weighted by Crippen LogP contribution is 2.27. The lowest BCUT2D eigenvalue weighted by Gasteiger charge is -2.25. The third-order valence-corrected chi connectivity index (χ3v) is 2.39. The SMILES string of the molecule is N#CC1CC[C@@H](O)C[C@H]1Cl. The summed E-state index contributed by atoms with van der Waals surface area (Å²) in [6.45, 7) is 0. The van der Waals surface area contributed by atoms with Crippen molar-refractivity contribution in [1.82, 2.24) is 0 Å². The molecule has 0 amide bonds. The largest absolute Gasteiger partial charge is 0.393 e. The predicted molar refractivity (Wildman–Crippen MR) is 38.6 cm³/mol. The Morgan fingerprint density at radius 3 is 2.70 bits per heavy atom. The molecule has 0 aromatic carbocycles. The van der Waals surface area contributed by atoms with E-state index in [1.165, 1.54) is 0 Å². The number of nitriles is 1. The number of aliphatic hydroxyl groups is 1. The first-order valence-corrected chi connectivity index (χ1v) is 3.89. The molecule has 1 saturated carbocycles. The Morgan fingerprint density at radius 1 is 1.50 bits per heavy atom. The zero-order chi connectivity index (χ0) is 7.56. The summed E-state index contributed by atoms with van der Waals surface area (Å²) in [5.74, 6) is -0.0509. The standard InChI is InChI=1S/C7H10ClNO/c8-7-3-6(10)2-1-5(7)4-9/h5-7,10H,1-3H2/t5?,6-,7-/m1/s1. The average Bonchev–Trinajstić information content (AvgIpc) is 1.88. The van der Waals surface area contributed by atoms with E-state index >= 15 is 0 Å². The molecule has 0 saturated heterocycles. The van der Waals surface area contributed by atoms with Crippen LogP contribution in [0.3, 0.4) is 0 Å². The third kappa shape index (κ3) is 1.62. The van der Waals surface area contributed by atoms with Gasteiger partial charge in [-0.25, -0.2) is 0 Å². The average molecular weight is 160 g/mol. The van der Waals surface area contributed by atoms with Crippen LogP contribution in [0.15, 0.2) is 0 Å². The van der Waals surface area contributed by atoms with Gasteiger partial charge in [0.05, 0.1) is 23.5 Å². The molecule has 0 aromatic rings. The van der Waals surface area contributed by atoms with Crippen molar-refractivity contribution in [2.45, 2.75) is 30.7 Å². The summed E-state index contributed by atoms with van der Waals surface area (Å²) in [6.07, 6.45) is 1.75. The summed E-state index contributed by atoms with van der Waals surface area (Å²) in [6, 6.07) is 2.13. The van der Waals surface area contributed by atoms with Crippen LogP contribution in [-0.4, -0.2) is 16.6 Å². The van der Waals surface area contributed by atoms with Gasteiger partial charge >= 0.3 is 0 Å². The topological polar surface area (TPSA) is 44.0 Å². The molecule has 0 aromatic heterocycles. The Labute approximate surface area is 65.4 Å². The van der Waals surface area contributed by atoms with Gasteiger partial charge in [-0.1, -0.05) is 0 Å². The summed E-state index contributed by atoms with van der Waals surface area (Å²) in [5, 5.41) is 17.5. The highest BCUT2D eigenvalue weighted by Gasteiger charge is 2.27. The molecular weight excluding hydrogens is 150 g/mol. The van der Waals surface area contributed by atoms with E-state index < -0.39 is 0 Å². The minimum Gasteiger partial charge on any atom is -0.393 e. The quantitative estimate of drug-likeness (QED) is 0.541. The lowest BCUT2D eigenvalue weighted by atomic mass is 9.88. The Balaban J connectivity index is 2.45. The van der Waals surface area contributed by atoms with Gasteiger partial charge in [0.1, 0.15) is 0 Å². The molecule has 3 atom stereocenters. The van der Waals surface area contributed by atoms with Crippen molar-refractivity contribution in [3.63, 3.8) is 0 Å². The van der Waals surface area contributed by atoms with Crippen molar-refractivity contribution in [3.8, 4) is 6.07 Å². The lowest BCUT2D eigenvalue weighted by molar-refractivity contribution is 0.121. The maximum Gasteiger partial charge on any atom is 0.0671 e. The molecule has 1 N–H and O–H groups in total. The summed E-state index contributed by atoms with van der Waals surface area (Å²) < 4.78 is 0. The monoisotopic (exact) mass is 159 g/mol. The fourth-order valence-electron chi connectivity index (χ4n) is 1.24. The number of nitrogens with zero attached hydrogens (tertiary/aromatic N) is 1. The number of rotatable bonds is 0. The molecule has 56 valence electrons. The number of hydrogen-bond donors (Lipinski definition) is 1. The van der Waals surface area contributed by atoms with Gasteiger partial charge < -0.3 is 5.11 Å². The number of hydrogen-bond acceptors (Lipinski definition) is 2. The second-order valence-electron chi connectivity index (χ2n) is 2.72. The zero-order valence-corrected chi connectivity index (χ0v) is 6.38. The molecule has 3 heteroatoms. The molecule has 1 fully saturated rings. The molecule has 1 aliphatic carbocycles. The van der Waals surface area contributed by atoms with Crippen LogP contribution in [0.4, 0.5) is 0 Å². The second kappa shape index (κ2) is 3.23. The van der Waals surface area contributed by atoms with Gasteiger partial charge in [0.2, 0.25) is 0 Å². The Bertz CT molecular complexity index is 154. The molecule has 1 unspecified atom stereocenters. The van der Waals surface area contributed by atoms with Crippen LogP contribution < -0.4 is 0 Å². The van der Waals surface area contributed by atoms with Crippen LogP contribution in [0.25, 0.3) is 0 Å². The maximum absolute atomic E-state index is 9.10. The zero-order valence-electron chi connectivity index (χ0n) is 5.63. The molecule has 0 radical (unpaired) electrons.